The first-order valence-corrected chi connectivity index (χ1v) is 8.43. The molecular formula is C17H34N2. The van der Waals surface area contributed by atoms with Gasteiger partial charge in [-0.3, -0.25) is 4.90 Å². The molecule has 19 heavy (non-hydrogen) atoms. The van der Waals surface area contributed by atoms with E-state index in [1.54, 1.807) is 0 Å². The van der Waals surface area contributed by atoms with E-state index >= 15 is 0 Å². The van der Waals surface area contributed by atoms with Crippen LogP contribution in [0.25, 0.3) is 0 Å². The predicted octanol–water partition coefficient (Wildman–Crippen LogP) is 3.52. The molecule has 2 nitrogen and oxygen atoms in total. The maximum absolute atomic E-state index is 3.48. The van der Waals surface area contributed by atoms with Gasteiger partial charge in [0.15, 0.2) is 0 Å². The summed E-state index contributed by atoms with van der Waals surface area (Å²) < 4.78 is 0. The molecule has 2 aliphatic carbocycles. The second-order valence-electron chi connectivity index (χ2n) is 7.77. The zero-order valence-corrected chi connectivity index (χ0v) is 13.5. The quantitative estimate of drug-likeness (QED) is 0.758. The molecule has 112 valence electrons. The molecule has 0 saturated heterocycles. The van der Waals surface area contributed by atoms with Crippen molar-refractivity contribution in [3.8, 4) is 0 Å². The van der Waals surface area contributed by atoms with Crippen molar-refractivity contribution < 1.29 is 0 Å². The van der Waals surface area contributed by atoms with Crippen LogP contribution in [0, 0.1) is 17.3 Å². The van der Waals surface area contributed by atoms with Crippen molar-refractivity contribution in [3.63, 3.8) is 0 Å². The van der Waals surface area contributed by atoms with E-state index in [9.17, 15) is 0 Å². The van der Waals surface area contributed by atoms with Gasteiger partial charge >= 0.3 is 0 Å². The average molecular weight is 266 g/mol. The van der Waals surface area contributed by atoms with Crippen molar-refractivity contribution >= 4 is 0 Å². The highest BCUT2D eigenvalue weighted by molar-refractivity contribution is 4.93. The number of hydrogen-bond acceptors (Lipinski definition) is 2. The maximum Gasteiger partial charge on any atom is 0.00967 e. The smallest absolute Gasteiger partial charge is 0.00967 e. The van der Waals surface area contributed by atoms with E-state index in [1.165, 1.54) is 58.2 Å². The molecule has 0 spiro atoms. The Balaban J connectivity index is 1.97. The summed E-state index contributed by atoms with van der Waals surface area (Å²) in [5.41, 5.74) is 0.554. The van der Waals surface area contributed by atoms with Gasteiger partial charge in [0.1, 0.15) is 0 Å². The highest BCUT2D eigenvalue weighted by Crippen LogP contribution is 2.41. The van der Waals surface area contributed by atoms with Gasteiger partial charge in [0.2, 0.25) is 0 Å². The highest BCUT2D eigenvalue weighted by atomic mass is 15.2. The van der Waals surface area contributed by atoms with E-state index in [0.717, 1.165) is 17.9 Å². The molecule has 2 fully saturated rings. The monoisotopic (exact) mass is 266 g/mol. The van der Waals surface area contributed by atoms with Crippen LogP contribution in [-0.4, -0.2) is 37.6 Å². The second-order valence-corrected chi connectivity index (χ2v) is 7.77. The third kappa shape index (κ3) is 4.46. The first-order valence-electron chi connectivity index (χ1n) is 8.43. The van der Waals surface area contributed by atoms with Gasteiger partial charge in [0.25, 0.3) is 0 Å². The number of hydrogen-bond donors (Lipinski definition) is 1. The van der Waals surface area contributed by atoms with E-state index in [-0.39, 0.29) is 0 Å². The Bertz CT molecular complexity index is 262. The lowest BCUT2D eigenvalue weighted by Crippen LogP contribution is -2.47. The maximum atomic E-state index is 3.48. The van der Waals surface area contributed by atoms with Crippen LogP contribution in [0.15, 0.2) is 0 Å². The van der Waals surface area contributed by atoms with Gasteiger partial charge in [-0.1, -0.05) is 33.6 Å². The third-order valence-electron chi connectivity index (χ3n) is 5.09. The van der Waals surface area contributed by atoms with Crippen LogP contribution in [-0.2, 0) is 0 Å². The van der Waals surface area contributed by atoms with Crippen LogP contribution in [0.2, 0.25) is 0 Å². The Morgan fingerprint density at radius 2 is 1.79 bits per heavy atom. The van der Waals surface area contributed by atoms with Crippen LogP contribution in [0.5, 0.6) is 0 Å². The minimum atomic E-state index is 0.554. The zero-order chi connectivity index (χ0) is 13.9. The standard InChI is InChI=1S/C17H34N2/c1-14(2)11-19(16-5-6-16)13-17(12-18-4)9-7-15(3)8-10-17/h14-16,18H,5-13H2,1-4H3. The second kappa shape index (κ2) is 6.58. The Morgan fingerprint density at radius 3 is 2.26 bits per heavy atom. The molecule has 0 heterocycles. The van der Waals surface area contributed by atoms with Gasteiger partial charge < -0.3 is 5.32 Å². The van der Waals surface area contributed by atoms with Crippen LogP contribution in [0.1, 0.15) is 59.3 Å². The lowest BCUT2D eigenvalue weighted by atomic mass is 9.70. The molecule has 2 aliphatic rings. The fraction of sp³-hybridized carbons (Fsp3) is 1.00. The Labute approximate surface area is 120 Å². The summed E-state index contributed by atoms with van der Waals surface area (Å²) >= 11 is 0. The van der Waals surface area contributed by atoms with Crippen molar-refractivity contribution in [1.82, 2.24) is 10.2 Å². The third-order valence-corrected chi connectivity index (χ3v) is 5.09. The summed E-state index contributed by atoms with van der Waals surface area (Å²) in [4.78, 5) is 2.82. The van der Waals surface area contributed by atoms with Crippen molar-refractivity contribution in [2.24, 2.45) is 17.3 Å². The normalized spacial score (nSPS) is 32.2. The van der Waals surface area contributed by atoms with Gasteiger partial charge in [-0.05, 0) is 50.0 Å². The average Bonchev–Trinajstić information content (AvgIpc) is 3.16. The van der Waals surface area contributed by atoms with Crippen molar-refractivity contribution in [2.45, 2.75) is 65.3 Å². The molecule has 1 N–H and O–H groups in total. The minimum Gasteiger partial charge on any atom is -0.319 e. The van der Waals surface area contributed by atoms with E-state index < -0.39 is 0 Å². The summed E-state index contributed by atoms with van der Waals surface area (Å²) in [6.45, 7) is 11.0. The first-order chi connectivity index (χ1) is 9.04. The summed E-state index contributed by atoms with van der Waals surface area (Å²) in [5.74, 6) is 1.75. The molecule has 2 rings (SSSR count). The van der Waals surface area contributed by atoms with Crippen molar-refractivity contribution in [3.05, 3.63) is 0 Å². The Morgan fingerprint density at radius 1 is 1.16 bits per heavy atom. The van der Waals surface area contributed by atoms with Crippen molar-refractivity contribution in [2.75, 3.05) is 26.7 Å². The fourth-order valence-electron chi connectivity index (χ4n) is 3.82. The first kappa shape index (κ1) is 15.3. The molecular weight excluding hydrogens is 232 g/mol. The molecule has 2 heteroatoms. The van der Waals surface area contributed by atoms with Gasteiger partial charge in [-0.25, -0.2) is 0 Å². The van der Waals surface area contributed by atoms with Gasteiger partial charge in [-0.15, -0.1) is 0 Å². The SMILES string of the molecule is CNCC1(CN(CC(C)C)C2CC2)CCC(C)CC1. The molecule has 0 bridgehead atoms. The van der Waals surface area contributed by atoms with E-state index in [1.807, 2.05) is 0 Å². The van der Waals surface area contributed by atoms with Crippen LogP contribution < -0.4 is 5.32 Å². The topological polar surface area (TPSA) is 15.3 Å². The van der Waals surface area contributed by atoms with Crippen LogP contribution in [0.4, 0.5) is 0 Å². The molecule has 2 saturated carbocycles. The summed E-state index contributed by atoms with van der Waals surface area (Å²) in [7, 11) is 2.13. The summed E-state index contributed by atoms with van der Waals surface area (Å²) in [6, 6.07) is 0.912. The molecule has 0 aromatic heterocycles. The molecule has 0 aromatic rings. The predicted molar refractivity (Wildman–Crippen MR) is 83.4 cm³/mol. The molecule has 0 aromatic carbocycles. The van der Waals surface area contributed by atoms with E-state index in [4.69, 9.17) is 0 Å². The minimum absolute atomic E-state index is 0.554. The molecule has 0 aliphatic heterocycles. The zero-order valence-electron chi connectivity index (χ0n) is 13.5. The van der Waals surface area contributed by atoms with Crippen LogP contribution >= 0.6 is 0 Å². The van der Waals surface area contributed by atoms with Crippen LogP contribution in [0.3, 0.4) is 0 Å². The highest BCUT2D eigenvalue weighted by Gasteiger charge is 2.39. The van der Waals surface area contributed by atoms with E-state index in [0.29, 0.717) is 5.41 Å². The molecule has 0 atom stereocenters. The molecule has 0 amide bonds. The number of nitrogens with zero attached hydrogens (tertiary/aromatic N) is 1. The number of nitrogens with one attached hydrogen (secondary N) is 1. The summed E-state index contributed by atoms with van der Waals surface area (Å²) in [6.07, 6.45) is 8.61. The summed E-state index contributed by atoms with van der Waals surface area (Å²) in [5, 5.41) is 3.48. The molecule has 0 unspecified atom stereocenters. The van der Waals surface area contributed by atoms with Gasteiger partial charge in [0, 0.05) is 25.7 Å². The number of rotatable bonds is 7. The lowest BCUT2D eigenvalue weighted by molar-refractivity contribution is 0.0774. The Kier molecular flexibility index (Phi) is 5.30. The van der Waals surface area contributed by atoms with E-state index in [2.05, 4.69) is 38.0 Å². The fourth-order valence-corrected chi connectivity index (χ4v) is 3.82. The largest absolute Gasteiger partial charge is 0.319 e. The van der Waals surface area contributed by atoms with Gasteiger partial charge in [-0.2, -0.15) is 0 Å². The Hall–Kier alpha value is -0.0800. The molecule has 0 radical (unpaired) electrons. The van der Waals surface area contributed by atoms with Gasteiger partial charge in [0.05, 0.1) is 0 Å². The van der Waals surface area contributed by atoms with Crippen molar-refractivity contribution in [1.29, 1.82) is 0 Å². The lowest BCUT2D eigenvalue weighted by Gasteiger charge is -2.43.